The van der Waals surface area contributed by atoms with Crippen molar-refractivity contribution < 1.29 is 14.3 Å². The number of ether oxygens (including phenoxy) is 1. The molecule has 2 aliphatic rings. The van der Waals surface area contributed by atoms with Crippen LogP contribution in [0.15, 0.2) is 41.6 Å². The van der Waals surface area contributed by atoms with Gasteiger partial charge in [0.1, 0.15) is 6.61 Å². The molecule has 0 fully saturated rings. The largest absolute Gasteiger partial charge is 0.456 e. The molecule has 0 aromatic heterocycles. The van der Waals surface area contributed by atoms with Crippen molar-refractivity contribution in [3.8, 4) is 0 Å². The van der Waals surface area contributed by atoms with Crippen molar-refractivity contribution in [1.82, 2.24) is 9.80 Å². The zero-order valence-electron chi connectivity index (χ0n) is 10.8. The summed E-state index contributed by atoms with van der Waals surface area (Å²) in [7, 11) is 3.36. The van der Waals surface area contributed by atoms with Gasteiger partial charge in [0.15, 0.2) is 0 Å². The lowest BCUT2D eigenvalue weighted by molar-refractivity contribution is -0.136. The van der Waals surface area contributed by atoms with Crippen molar-refractivity contribution in [3.05, 3.63) is 47.2 Å². The molecule has 0 saturated heterocycles. The summed E-state index contributed by atoms with van der Waals surface area (Å²) < 4.78 is 5.09. The number of hydrogen-bond acceptors (Lipinski definition) is 3. The van der Waals surface area contributed by atoms with Gasteiger partial charge in [0.05, 0.1) is 17.3 Å². The van der Waals surface area contributed by atoms with Crippen LogP contribution < -0.4 is 0 Å². The summed E-state index contributed by atoms with van der Waals surface area (Å²) in [4.78, 5) is 27.2. The Bertz CT molecular complexity index is 580. The van der Waals surface area contributed by atoms with E-state index in [4.69, 9.17) is 4.74 Å². The second kappa shape index (κ2) is 4.12. The first-order valence-electron chi connectivity index (χ1n) is 6.07. The molecule has 98 valence electrons. The minimum absolute atomic E-state index is 0.133. The van der Waals surface area contributed by atoms with Gasteiger partial charge in [0.2, 0.25) is 0 Å². The molecule has 5 nitrogen and oxygen atoms in total. The van der Waals surface area contributed by atoms with Gasteiger partial charge < -0.3 is 9.64 Å². The second-order valence-corrected chi connectivity index (χ2v) is 4.70. The van der Waals surface area contributed by atoms with Gasteiger partial charge in [0.25, 0.3) is 0 Å². The van der Waals surface area contributed by atoms with Gasteiger partial charge in [-0.15, -0.1) is 0 Å². The number of cyclic esters (lactones) is 1. The SMILES string of the molecule is CN1C(=O)N(C)C(c2ccccc2)C2=C1COC2=O. The van der Waals surface area contributed by atoms with Crippen molar-refractivity contribution >= 4 is 12.0 Å². The summed E-state index contributed by atoms with van der Waals surface area (Å²) in [6, 6.07) is 9.02. The Balaban J connectivity index is 2.16. The first kappa shape index (κ1) is 11.8. The van der Waals surface area contributed by atoms with Crippen LogP contribution in [0.4, 0.5) is 4.79 Å². The molecule has 3 rings (SSSR count). The number of nitrogens with zero attached hydrogens (tertiary/aromatic N) is 2. The number of hydrogen-bond donors (Lipinski definition) is 0. The van der Waals surface area contributed by atoms with E-state index in [0.717, 1.165) is 5.56 Å². The smallest absolute Gasteiger partial charge is 0.338 e. The number of amides is 2. The number of carbonyl (C=O) groups excluding carboxylic acids is 2. The average molecular weight is 258 g/mol. The fourth-order valence-electron chi connectivity index (χ4n) is 2.64. The van der Waals surface area contributed by atoms with Gasteiger partial charge in [-0.05, 0) is 5.56 Å². The van der Waals surface area contributed by atoms with Gasteiger partial charge >= 0.3 is 12.0 Å². The Morgan fingerprint density at radius 3 is 2.53 bits per heavy atom. The van der Waals surface area contributed by atoms with E-state index < -0.39 is 0 Å². The highest BCUT2D eigenvalue weighted by Gasteiger charge is 2.43. The average Bonchev–Trinajstić information content (AvgIpc) is 2.80. The molecule has 2 amide bonds. The summed E-state index contributed by atoms with van der Waals surface area (Å²) in [5.41, 5.74) is 2.15. The van der Waals surface area contributed by atoms with E-state index in [1.54, 1.807) is 19.0 Å². The van der Waals surface area contributed by atoms with Crippen molar-refractivity contribution in [3.63, 3.8) is 0 Å². The Morgan fingerprint density at radius 1 is 1.16 bits per heavy atom. The molecule has 0 saturated carbocycles. The van der Waals surface area contributed by atoms with E-state index in [1.165, 1.54) is 4.90 Å². The van der Waals surface area contributed by atoms with Gasteiger partial charge in [-0.3, -0.25) is 4.90 Å². The molecular weight excluding hydrogens is 244 g/mol. The van der Waals surface area contributed by atoms with Crippen LogP contribution in [0.3, 0.4) is 0 Å². The fraction of sp³-hybridized carbons (Fsp3) is 0.286. The maximum Gasteiger partial charge on any atom is 0.338 e. The van der Waals surface area contributed by atoms with Crippen molar-refractivity contribution in [2.24, 2.45) is 0 Å². The summed E-state index contributed by atoms with van der Waals surface area (Å²) in [6.07, 6.45) is 0. The van der Waals surface area contributed by atoms with Crippen LogP contribution in [0, 0.1) is 0 Å². The number of urea groups is 1. The number of carbonyl (C=O) groups is 2. The van der Waals surface area contributed by atoms with E-state index >= 15 is 0 Å². The van der Waals surface area contributed by atoms with Crippen molar-refractivity contribution in [2.75, 3.05) is 20.7 Å². The molecule has 1 unspecified atom stereocenters. The Labute approximate surface area is 111 Å². The van der Waals surface area contributed by atoms with Crippen LogP contribution in [0.1, 0.15) is 11.6 Å². The van der Waals surface area contributed by atoms with E-state index in [0.29, 0.717) is 11.3 Å². The quantitative estimate of drug-likeness (QED) is 0.718. The molecule has 0 bridgehead atoms. The van der Waals surface area contributed by atoms with Crippen LogP contribution >= 0.6 is 0 Å². The minimum atomic E-state index is -0.366. The Hall–Kier alpha value is -2.30. The predicted octanol–water partition coefficient (Wildman–Crippen LogP) is 1.54. The molecule has 19 heavy (non-hydrogen) atoms. The summed E-state index contributed by atoms with van der Waals surface area (Å²) in [6.45, 7) is 0.174. The molecule has 0 spiro atoms. The van der Waals surface area contributed by atoms with E-state index in [-0.39, 0.29) is 24.6 Å². The van der Waals surface area contributed by atoms with Gasteiger partial charge in [0, 0.05) is 14.1 Å². The molecule has 1 atom stereocenters. The van der Waals surface area contributed by atoms with Crippen molar-refractivity contribution in [2.45, 2.75) is 6.04 Å². The lowest BCUT2D eigenvalue weighted by Crippen LogP contribution is -2.46. The molecule has 0 N–H and O–H groups in total. The maximum absolute atomic E-state index is 12.2. The van der Waals surface area contributed by atoms with E-state index in [1.807, 2.05) is 30.3 Å². The lowest BCUT2D eigenvalue weighted by atomic mass is 9.94. The summed E-state index contributed by atoms with van der Waals surface area (Å²) >= 11 is 0. The number of rotatable bonds is 1. The molecule has 2 aliphatic heterocycles. The van der Waals surface area contributed by atoms with E-state index in [2.05, 4.69) is 0 Å². The van der Waals surface area contributed by atoms with Crippen LogP contribution in [-0.4, -0.2) is 42.5 Å². The topological polar surface area (TPSA) is 49.9 Å². The highest BCUT2D eigenvalue weighted by atomic mass is 16.5. The normalized spacial score (nSPS) is 22.7. The third kappa shape index (κ3) is 1.62. The fourth-order valence-corrected chi connectivity index (χ4v) is 2.64. The predicted molar refractivity (Wildman–Crippen MR) is 68.1 cm³/mol. The molecule has 0 radical (unpaired) electrons. The summed E-state index contributed by atoms with van der Waals surface area (Å²) in [5.74, 6) is -0.338. The number of benzene rings is 1. The zero-order valence-corrected chi connectivity index (χ0v) is 10.8. The highest BCUT2D eigenvalue weighted by Crippen LogP contribution is 2.38. The van der Waals surface area contributed by atoms with Crippen LogP contribution in [-0.2, 0) is 9.53 Å². The summed E-state index contributed by atoms with van der Waals surface area (Å²) in [5, 5.41) is 0. The standard InChI is InChI=1S/C14H14N2O3/c1-15-10-8-19-13(17)11(10)12(16(2)14(15)18)9-6-4-3-5-7-9/h3-7,12H,8H2,1-2H3. The van der Waals surface area contributed by atoms with Gasteiger partial charge in [-0.1, -0.05) is 30.3 Å². The highest BCUT2D eigenvalue weighted by molar-refractivity contribution is 5.97. The third-order valence-corrected chi connectivity index (χ3v) is 3.64. The molecule has 1 aromatic rings. The van der Waals surface area contributed by atoms with Crippen LogP contribution in [0.25, 0.3) is 0 Å². The van der Waals surface area contributed by atoms with Crippen LogP contribution in [0.2, 0.25) is 0 Å². The minimum Gasteiger partial charge on any atom is -0.456 e. The molecule has 2 heterocycles. The molecule has 1 aromatic carbocycles. The van der Waals surface area contributed by atoms with Gasteiger partial charge in [-0.2, -0.15) is 0 Å². The molecule has 0 aliphatic carbocycles. The monoisotopic (exact) mass is 258 g/mol. The third-order valence-electron chi connectivity index (χ3n) is 3.64. The zero-order chi connectivity index (χ0) is 13.6. The van der Waals surface area contributed by atoms with E-state index in [9.17, 15) is 9.59 Å². The first-order chi connectivity index (χ1) is 9.11. The van der Waals surface area contributed by atoms with Gasteiger partial charge in [-0.25, -0.2) is 9.59 Å². The second-order valence-electron chi connectivity index (χ2n) is 4.70. The lowest BCUT2D eigenvalue weighted by Gasteiger charge is -2.37. The first-order valence-corrected chi connectivity index (χ1v) is 6.07. The molecule has 5 heteroatoms. The maximum atomic E-state index is 12.2. The molecular formula is C14H14N2O3. The number of likely N-dealkylation sites (N-methyl/N-ethyl adjacent to an activating group) is 2. The number of esters is 1. The van der Waals surface area contributed by atoms with Crippen LogP contribution in [0.5, 0.6) is 0 Å². The Kier molecular flexibility index (Phi) is 2.55. The van der Waals surface area contributed by atoms with Crippen molar-refractivity contribution in [1.29, 1.82) is 0 Å². The Morgan fingerprint density at radius 2 is 1.84 bits per heavy atom.